The van der Waals surface area contributed by atoms with Crippen LogP contribution in [-0.2, 0) is 9.59 Å². The van der Waals surface area contributed by atoms with Crippen molar-refractivity contribution in [2.45, 2.75) is 6.42 Å². The predicted molar refractivity (Wildman–Crippen MR) is 56.0 cm³/mol. The van der Waals surface area contributed by atoms with Gasteiger partial charge in [0.25, 0.3) is 0 Å². The maximum absolute atomic E-state index is 10.7. The summed E-state index contributed by atoms with van der Waals surface area (Å²) in [4.78, 5) is 21.2. The number of rotatable bonds is 4. The fourth-order valence-electron chi connectivity index (χ4n) is 1.15. The number of phenols is 1. The minimum Gasteiger partial charge on any atom is -0.507 e. The number of hydrogen-bond acceptors (Lipinski definition) is 3. The van der Waals surface area contributed by atoms with Crippen LogP contribution >= 0.6 is 0 Å². The molecule has 5 nitrogen and oxygen atoms in total. The Hall–Kier alpha value is -2.30. The molecule has 0 saturated heterocycles. The molecule has 1 rings (SSSR count). The number of carbonyl (C=O) groups is 2. The molecule has 0 heterocycles. The molecule has 0 aliphatic heterocycles. The summed E-state index contributed by atoms with van der Waals surface area (Å²) in [5, 5.41) is 26.7. The Morgan fingerprint density at radius 3 is 2.31 bits per heavy atom. The molecule has 0 fully saturated rings. The van der Waals surface area contributed by atoms with Gasteiger partial charge in [-0.1, -0.05) is 18.2 Å². The third kappa shape index (κ3) is 3.13. The standard InChI is InChI=1S/C11H10O5/c12-9-4-2-1-3-7(9)5-8(11(15)16)6-10(13)14/h1-5,12H,6H2,(H,13,14)(H,15,16). The van der Waals surface area contributed by atoms with Crippen LogP contribution in [0.1, 0.15) is 12.0 Å². The number of benzene rings is 1. The zero-order valence-corrected chi connectivity index (χ0v) is 8.25. The van der Waals surface area contributed by atoms with Gasteiger partial charge in [0.1, 0.15) is 5.75 Å². The molecular formula is C11H10O5. The second kappa shape index (κ2) is 4.97. The van der Waals surface area contributed by atoms with Gasteiger partial charge in [0.15, 0.2) is 0 Å². The zero-order chi connectivity index (χ0) is 12.1. The third-order valence-electron chi connectivity index (χ3n) is 1.88. The molecule has 84 valence electrons. The maximum atomic E-state index is 10.7. The number of para-hydroxylation sites is 1. The van der Waals surface area contributed by atoms with Crippen molar-refractivity contribution in [3.8, 4) is 5.75 Å². The second-order valence-electron chi connectivity index (χ2n) is 3.10. The van der Waals surface area contributed by atoms with Crippen molar-refractivity contribution in [1.29, 1.82) is 0 Å². The van der Waals surface area contributed by atoms with Gasteiger partial charge in [-0.2, -0.15) is 0 Å². The van der Waals surface area contributed by atoms with Crippen LogP contribution < -0.4 is 0 Å². The zero-order valence-electron chi connectivity index (χ0n) is 8.25. The van der Waals surface area contributed by atoms with E-state index in [0.29, 0.717) is 0 Å². The van der Waals surface area contributed by atoms with Crippen molar-refractivity contribution in [3.05, 3.63) is 35.4 Å². The lowest BCUT2D eigenvalue weighted by Gasteiger charge is -2.01. The Kier molecular flexibility index (Phi) is 3.66. The highest BCUT2D eigenvalue weighted by Gasteiger charge is 2.12. The highest BCUT2D eigenvalue weighted by molar-refractivity contribution is 5.97. The first-order valence-electron chi connectivity index (χ1n) is 4.44. The Bertz CT molecular complexity index is 447. The van der Waals surface area contributed by atoms with Crippen molar-refractivity contribution >= 4 is 18.0 Å². The van der Waals surface area contributed by atoms with E-state index in [0.717, 1.165) is 6.08 Å². The van der Waals surface area contributed by atoms with E-state index in [9.17, 15) is 14.7 Å². The van der Waals surface area contributed by atoms with Crippen LogP contribution in [0.5, 0.6) is 5.75 Å². The molecule has 0 saturated carbocycles. The molecule has 0 unspecified atom stereocenters. The Balaban J connectivity index is 3.07. The summed E-state index contributed by atoms with van der Waals surface area (Å²) < 4.78 is 0. The van der Waals surface area contributed by atoms with Crippen molar-refractivity contribution in [1.82, 2.24) is 0 Å². The molecule has 0 amide bonds. The van der Waals surface area contributed by atoms with Gasteiger partial charge >= 0.3 is 11.9 Å². The SMILES string of the molecule is O=C(O)CC(=Cc1ccccc1O)C(=O)O. The third-order valence-corrected chi connectivity index (χ3v) is 1.88. The fourth-order valence-corrected chi connectivity index (χ4v) is 1.15. The van der Waals surface area contributed by atoms with Crippen molar-refractivity contribution < 1.29 is 24.9 Å². The molecule has 0 aliphatic carbocycles. The van der Waals surface area contributed by atoms with Crippen molar-refractivity contribution in [2.24, 2.45) is 0 Å². The predicted octanol–water partition coefficient (Wildman–Crippen LogP) is 1.33. The molecular weight excluding hydrogens is 212 g/mol. The quantitative estimate of drug-likeness (QED) is 0.668. The topological polar surface area (TPSA) is 94.8 Å². The molecule has 0 atom stereocenters. The summed E-state index contributed by atoms with van der Waals surface area (Å²) in [7, 11) is 0. The molecule has 3 N–H and O–H groups in total. The van der Waals surface area contributed by atoms with Crippen LogP contribution in [0, 0.1) is 0 Å². The summed E-state index contributed by atoms with van der Waals surface area (Å²) in [5.41, 5.74) is -0.00449. The number of phenolic OH excluding ortho intramolecular Hbond substituents is 1. The molecule has 1 aromatic carbocycles. The van der Waals surface area contributed by atoms with Gasteiger partial charge in [0.05, 0.1) is 6.42 Å². The van der Waals surface area contributed by atoms with Crippen LogP contribution in [0.3, 0.4) is 0 Å². The van der Waals surface area contributed by atoms with Gasteiger partial charge in [-0.05, 0) is 12.1 Å². The summed E-state index contributed by atoms with van der Waals surface area (Å²) >= 11 is 0. The van der Waals surface area contributed by atoms with E-state index in [-0.39, 0.29) is 16.9 Å². The lowest BCUT2D eigenvalue weighted by molar-refractivity contribution is -0.139. The first-order chi connectivity index (χ1) is 7.50. The molecule has 0 radical (unpaired) electrons. The van der Waals surface area contributed by atoms with E-state index in [1.54, 1.807) is 12.1 Å². The Morgan fingerprint density at radius 1 is 1.19 bits per heavy atom. The normalized spacial score (nSPS) is 11.1. The molecule has 0 bridgehead atoms. The number of hydrogen-bond donors (Lipinski definition) is 3. The van der Waals surface area contributed by atoms with Gasteiger partial charge in [0, 0.05) is 11.1 Å². The molecule has 0 spiro atoms. The average Bonchev–Trinajstić information content (AvgIpc) is 2.19. The molecule has 1 aromatic rings. The van der Waals surface area contributed by atoms with Gasteiger partial charge in [0.2, 0.25) is 0 Å². The number of aliphatic carboxylic acids is 2. The van der Waals surface area contributed by atoms with Crippen molar-refractivity contribution in [3.63, 3.8) is 0 Å². The van der Waals surface area contributed by atoms with Crippen LogP contribution in [0.15, 0.2) is 29.8 Å². The smallest absolute Gasteiger partial charge is 0.332 e. The first kappa shape index (κ1) is 11.8. The maximum Gasteiger partial charge on any atom is 0.332 e. The van der Waals surface area contributed by atoms with E-state index in [1.165, 1.54) is 12.1 Å². The molecule has 5 heteroatoms. The average molecular weight is 222 g/mol. The Morgan fingerprint density at radius 2 is 1.81 bits per heavy atom. The van der Waals surface area contributed by atoms with E-state index >= 15 is 0 Å². The van der Waals surface area contributed by atoms with Crippen LogP contribution in [0.2, 0.25) is 0 Å². The Labute approximate surface area is 91.3 Å². The lowest BCUT2D eigenvalue weighted by Crippen LogP contribution is -2.06. The minimum atomic E-state index is -1.31. The van der Waals surface area contributed by atoms with Crippen molar-refractivity contribution in [2.75, 3.05) is 0 Å². The number of carboxylic acid groups (broad SMARTS) is 2. The molecule has 0 aromatic heterocycles. The molecule has 16 heavy (non-hydrogen) atoms. The highest BCUT2D eigenvalue weighted by Crippen LogP contribution is 2.20. The van der Waals surface area contributed by atoms with Crippen LogP contribution in [0.4, 0.5) is 0 Å². The van der Waals surface area contributed by atoms with Crippen LogP contribution in [-0.4, -0.2) is 27.3 Å². The van der Waals surface area contributed by atoms with Gasteiger partial charge in [-0.25, -0.2) is 4.79 Å². The van der Waals surface area contributed by atoms with Gasteiger partial charge in [-0.15, -0.1) is 0 Å². The monoisotopic (exact) mass is 222 g/mol. The lowest BCUT2D eigenvalue weighted by atomic mass is 10.1. The first-order valence-corrected chi connectivity index (χ1v) is 4.44. The van der Waals surface area contributed by atoms with E-state index in [4.69, 9.17) is 10.2 Å². The van der Waals surface area contributed by atoms with Gasteiger partial charge < -0.3 is 15.3 Å². The fraction of sp³-hybridized carbons (Fsp3) is 0.0909. The number of aromatic hydroxyl groups is 1. The number of carboxylic acids is 2. The summed E-state index contributed by atoms with van der Waals surface area (Å²) in [5.74, 6) is -2.64. The second-order valence-corrected chi connectivity index (χ2v) is 3.10. The van der Waals surface area contributed by atoms with E-state index in [1.807, 2.05) is 0 Å². The summed E-state index contributed by atoms with van der Waals surface area (Å²) in [6, 6.07) is 6.10. The van der Waals surface area contributed by atoms with Crippen LogP contribution in [0.25, 0.3) is 6.08 Å². The van der Waals surface area contributed by atoms with E-state index in [2.05, 4.69) is 0 Å². The minimum absolute atomic E-state index is 0.0911. The summed E-state index contributed by atoms with van der Waals surface area (Å²) in [6.07, 6.45) is 0.551. The molecule has 0 aliphatic rings. The summed E-state index contributed by atoms with van der Waals surface area (Å²) in [6.45, 7) is 0. The highest BCUT2D eigenvalue weighted by atomic mass is 16.4. The van der Waals surface area contributed by atoms with E-state index < -0.39 is 18.4 Å². The largest absolute Gasteiger partial charge is 0.507 e. The van der Waals surface area contributed by atoms with Gasteiger partial charge in [-0.3, -0.25) is 4.79 Å².